The third kappa shape index (κ3) is 9.54. The molecule has 0 saturated heterocycles. The molecular weight excluding hydrogens is 442 g/mol. The lowest BCUT2D eigenvalue weighted by Crippen LogP contribution is -2.27. The maximum atomic E-state index is 11.6. The lowest BCUT2D eigenvalue weighted by Gasteiger charge is -2.23. The predicted octanol–water partition coefficient (Wildman–Crippen LogP) is 3.52. The highest BCUT2D eigenvalue weighted by molar-refractivity contribution is 5.96. The minimum Gasteiger partial charge on any atom is -0.482 e. The Balaban J connectivity index is 0.000000391. The molecule has 0 bridgehead atoms. The van der Waals surface area contributed by atoms with E-state index in [1.807, 2.05) is 19.9 Å². The molecule has 9 heteroatoms. The van der Waals surface area contributed by atoms with Gasteiger partial charge < -0.3 is 20.3 Å². The highest BCUT2D eigenvalue weighted by Crippen LogP contribution is 2.45. The Labute approximate surface area is 203 Å². The second-order valence-electron chi connectivity index (χ2n) is 8.19. The first-order valence-electron chi connectivity index (χ1n) is 11.5. The van der Waals surface area contributed by atoms with Crippen LogP contribution in [-0.2, 0) is 16.0 Å². The standard InChI is InChI=1S/C16H20N2O3.C8H17N3.ClH/c1-2-13(19)17-8-7-11-4-3-10-5-6-12-16(15(10)11)18-14(20)9-21-12;1-4-9-8-10-6-5-7-11(2)3;/h5-6,11H,2-4,7-9H2,1H3,(H,17,19)(H,18,20);4-7H2,1-3H3;1H. The predicted molar refractivity (Wildman–Crippen MR) is 135 cm³/mol. The van der Waals surface area contributed by atoms with Crippen LogP contribution in [0.15, 0.2) is 22.1 Å². The first kappa shape index (κ1) is 28.6. The summed E-state index contributed by atoms with van der Waals surface area (Å²) in [5, 5.41) is 5.87. The third-order valence-electron chi connectivity index (χ3n) is 5.40. The van der Waals surface area contributed by atoms with Crippen molar-refractivity contribution in [2.75, 3.05) is 52.2 Å². The number of anilines is 1. The van der Waals surface area contributed by atoms with Gasteiger partial charge in [0, 0.05) is 19.5 Å². The Morgan fingerprint density at radius 1 is 1.30 bits per heavy atom. The molecule has 2 N–H and O–H groups in total. The lowest BCUT2D eigenvalue weighted by atomic mass is 9.95. The minimum atomic E-state index is -0.0964. The zero-order valence-corrected chi connectivity index (χ0v) is 21.1. The molecule has 1 aliphatic carbocycles. The van der Waals surface area contributed by atoms with Crippen LogP contribution in [0.5, 0.6) is 5.75 Å². The average molecular weight is 480 g/mol. The number of ether oxygens (including phenoxy) is 1. The van der Waals surface area contributed by atoms with Crippen molar-refractivity contribution in [2.24, 2.45) is 9.98 Å². The van der Waals surface area contributed by atoms with Crippen LogP contribution in [0.25, 0.3) is 0 Å². The number of nitrogens with one attached hydrogen (secondary N) is 2. The molecule has 2 amide bonds. The Morgan fingerprint density at radius 2 is 2.09 bits per heavy atom. The number of aliphatic imine (C=N–C) groups is 2. The Bertz CT molecular complexity index is 838. The van der Waals surface area contributed by atoms with Gasteiger partial charge in [0.2, 0.25) is 5.91 Å². The fourth-order valence-corrected chi connectivity index (χ4v) is 3.81. The summed E-state index contributed by atoms with van der Waals surface area (Å²) >= 11 is 0. The van der Waals surface area contributed by atoms with E-state index in [9.17, 15) is 9.59 Å². The monoisotopic (exact) mass is 479 g/mol. The van der Waals surface area contributed by atoms with Gasteiger partial charge in [0.25, 0.3) is 5.91 Å². The maximum Gasteiger partial charge on any atom is 0.262 e. The number of aryl methyl sites for hydroxylation is 1. The van der Waals surface area contributed by atoms with Crippen molar-refractivity contribution < 1.29 is 14.3 Å². The molecule has 1 atom stereocenters. The zero-order valence-electron chi connectivity index (χ0n) is 20.3. The van der Waals surface area contributed by atoms with Crippen LogP contribution in [0.2, 0.25) is 0 Å². The zero-order chi connectivity index (χ0) is 23.3. The summed E-state index contributed by atoms with van der Waals surface area (Å²) in [6, 6.07) is 6.67. The van der Waals surface area contributed by atoms with Crippen LogP contribution < -0.4 is 15.4 Å². The van der Waals surface area contributed by atoms with Crippen LogP contribution in [0.1, 0.15) is 56.6 Å². The quantitative estimate of drug-likeness (QED) is 0.418. The normalized spacial score (nSPS) is 15.4. The number of amides is 2. The number of carbonyl (C=O) groups excluding carboxylic acids is 2. The number of rotatable bonds is 9. The molecule has 1 heterocycles. The maximum absolute atomic E-state index is 11.6. The fourth-order valence-electron chi connectivity index (χ4n) is 3.81. The van der Waals surface area contributed by atoms with Crippen LogP contribution in [-0.4, -0.2) is 69.6 Å². The van der Waals surface area contributed by atoms with Gasteiger partial charge in [-0.2, -0.15) is 0 Å². The number of halogens is 1. The molecule has 0 radical (unpaired) electrons. The van der Waals surface area contributed by atoms with Crippen molar-refractivity contribution in [3.63, 3.8) is 0 Å². The van der Waals surface area contributed by atoms with E-state index in [4.69, 9.17) is 4.74 Å². The van der Waals surface area contributed by atoms with E-state index in [1.165, 1.54) is 11.1 Å². The van der Waals surface area contributed by atoms with Gasteiger partial charge in [0.1, 0.15) is 5.75 Å². The van der Waals surface area contributed by atoms with Crippen molar-refractivity contribution in [1.29, 1.82) is 0 Å². The van der Waals surface area contributed by atoms with Gasteiger partial charge in [-0.05, 0) is 76.4 Å². The van der Waals surface area contributed by atoms with Crippen LogP contribution in [0, 0.1) is 0 Å². The van der Waals surface area contributed by atoms with Gasteiger partial charge in [-0.3, -0.25) is 9.59 Å². The fraction of sp³-hybridized carbons (Fsp3) is 0.625. The SMILES string of the molecule is CCC(=O)NCCC1CCc2ccc3c(c21)NC(=O)CO3.CCN=C=NCCCN(C)C.Cl. The molecule has 1 aliphatic heterocycles. The first-order valence-corrected chi connectivity index (χ1v) is 11.5. The highest BCUT2D eigenvalue weighted by Gasteiger charge is 2.30. The average Bonchev–Trinajstić information content (AvgIpc) is 3.20. The molecule has 33 heavy (non-hydrogen) atoms. The van der Waals surface area contributed by atoms with Gasteiger partial charge in [-0.25, -0.2) is 9.98 Å². The van der Waals surface area contributed by atoms with Gasteiger partial charge in [-0.1, -0.05) is 13.0 Å². The van der Waals surface area contributed by atoms with Crippen molar-refractivity contribution in [1.82, 2.24) is 10.2 Å². The highest BCUT2D eigenvalue weighted by atomic mass is 35.5. The van der Waals surface area contributed by atoms with Crippen molar-refractivity contribution >= 4 is 35.9 Å². The number of hydrogen-bond donors (Lipinski definition) is 2. The number of carbonyl (C=O) groups is 2. The Morgan fingerprint density at radius 3 is 2.79 bits per heavy atom. The molecule has 0 saturated carbocycles. The number of fused-ring (bicyclic) bond motifs is 3. The van der Waals surface area contributed by atoms with Crippen molar-refractivity contribution in [3.05, 3.63) is 23.3 Å². The molecule has 1 unspecified atom stereocenters. The van der Waals surface area contributed by atoms with Gasteiger partial charge in [0.15, 0.2) is 6.61 Å². The van der Waals surface area contributed by atoms with E-state index in [-0.39, 0.29) is 30.8 Å². The third-order valence-corrected chi connectivity index (χ3v) is 5.40. The largest absolute Gasteiger partial charge is 0.482 e. The minimum absolute atomic E-state index is 0. The first-order chi connectivity index (χ1) is 15.5. The summed E-state index contributed by atoms with van der Waals surface area (Å²) in [6.07, 6.45) is 4.57. The second kappa shape index (κ2) is 15.4. The molecule has 2 aliphatic rings. The molecule has 1 aromatic rings. The summed E-state index contributed by atoms with van der Waals surface area (Å²) in [4.78, 5) is 32.9. The van der Waals surface area contributed by atoms with E-state index in [2.05, 4.69) is 51.7 Å². The molecular formula is C24H38ClN5O3. The van der Waals surface area contributed by atoms with Crippen molar-refractivity contribution in [3.8, 4) is 5.75 Å². The van der Waals surface area contributed by atoms with E-state index in [0.717, 1.165) is 56.8 Å². The van der Waals surface area contributed by atoms with E-state index in [0.29, 0.717) is 18.9 Å². The molecule has 1 aromatic carbocycles. The topological polar surface area (TPSA) is 95.4 Å². The summed E-state index contributed by atoms with van der Waals surface area (Å²) in [7, 11) is 4.12. The van der Waals surface area contributed by atoms with E-state index >= 15 is 0 Å². The molecule has 8 nitrogen and oxygen atoms in total. The number of benzene rings is 1. The Kier molecular flexibility index (Phi) is 13.4. The van der Waals surface area contributed by atoms with Crippen LogP contribution in [0.3, 0.4) is 0 Å². The van der Waals surface area contributed by atoms with Gasteiger partial charge in [0.05, 0.1) is 18.2 Å². The van der Waals surface area contributed by atoms with E-state index in [1.54, 1.807) is 0 Å². The molecule has 184 valence electrons. The summed E-state index contributed by atoms with van der Waals surface area (Å²) < 4.78 is 5.49. The van der Waals surface area contributed by atoms with E-state index < -0.39 is 0 Å². The second-order valence-corrected chi connectivity index (χ2v) is 8.19. The van der Waals surface area contributed by atoms with Crippen LogP contribution in [0.4, 0.5) is 5.69 Å². The number of hydrogen-bond acceptors (Lipinski definition) is 6. The van der Waals surface area contributed by atoms with Gasteiger partial charge >= 0.3 is 0 Å². The molecule has 0 fully saturated rings. The molecule has 0 spiro atoms. The molecule has 3 rings (SSSR count). The Hall–Kier alpha value is -2.41. The number of nitrogens with zero attached hydrogens (tertiary/aromatic N) is 3. The van der Waals surface area contributed by atoms with Gasteiger partial charge in [-0.15, -0.1) is 12.4 Å². The van der Waals surface area contributed by atoms with Crippen LogP contribution >= 0.6 is 12.4 Å². The lowest BCUT2D eigenvalue weighted by molar-refractivity contribution is -0.121. The summed E-state index contributed by atoms with van der Waals surface area (Å²) in [5.74, 6) is 1.12. The summed E-state index contributed by atoms with van der Waals surface area (Å²) in [6.45, 7) is 7.28. The smallest absolute Gasteiger partial charge is 0.262 e. The summed E-state index contributed by atoms with van der Waals surface area (Å²) in [5.41, 5.74) is 3.32. The van der Waals surface area contributed by atoms with Crippen molar-refractivity contribution in [2.45, 2.75) is 51.9 Å². The molecule has 0 aromatic heterocycles.